The largest absolute Gasteiger partial charge is 0.396 e. The first-order valence-corrected chi connectivity index (χ1v) is 10.5. The number of likely N-dealkylation sites (N-methyl/N-ethyl adjacent to an activating group) is 1. The SMILES string of the molecule is C[C@H](/C=C/CCn1cc(CCO)nn1)[C@@]1(O)C(=O)N(C)c2ccc(N3CCC3=O)cc21. The Kier molecular flexibility index (Phi) is 5.63. The number of anilines is 2. The molecule has 2 atom stereocenters. The summed E-state index contributed by atoms with van der Waals surface area (Å²) in [5, 5.41) is 28.5. The van der Waals surface area contributed by atoms with Crippen molar-refractivity contribution in [3.8, 4) is 0 Å². The van der Waals surface area contributed by atoms with E-state index in [0.29, 0.717) is 49.3 Å². The summed E-state index contributed by atoms with van der Waals surface area (Å²) in [6, 6.07) is 5.36. The van der Waals surface area contributed by atoms with E-state index < -0.39 is 11.5 Å². The van der Waals surface area contributed by atoms with Gasteiger partial charge in [-0.2, -0.15) is 0 Å². The zero-order valence-electron chi connectivity index (χ0n) is 17.7. The smallest absolute Gasteiger partial charge is 0.264 e. The van der Waals surface area contributed by atoms with Crippen LogP contribution in [0.5, 0.6) is 0 Å². The molecule has 4 rings (SSSR count). The van der Waals surface area contributed by atoms with Crippen molar-refractivity contribution < 1.29 is 19.8 Å². The molecule has 2 amide bonds. The standard InChI is InChI=1S/C22H27N5O4/c1-15(5-3-4-10-26-14-16(9-12-28)23-24-26)22(31)18-13-17(27-11-8-20(27)29)6-7-19(18)25(2)21(22)30/h3,5-7,13-15,28,31H,4,8-12H2,1-2H3/b5-3+/t15-,22+/m1/s1. The predicted octanol–water partition coefficient (Wildman–Crippen LogP) is 0.996. The van der Waals surface area contributed by atoms with Crippen LogP contribution < -0.4 is 9.80 Å². The summed E-state index contributed by atoms with van der Waals surface area (Å²) in [5.74, 6) is -0.798. The second-order valence-corrected chi connectivity index (χ2v) is 8.08. The molecule has 0 bridgehead atoms. The Labute approximate surface area is 180 Å². The van der Waals surface area contributed by atoms with E-state index >= 15 is 0 Å². The zero-order valence-corrected chi connectivity index (χ0v) is 17.7. The number of fused-ring (bicyclic) bond motifs is 1. The molecule has 2 aromatic rings. The van der Waals surface area contributed by atoms with Crippen LogP contribution in [0.4, 0.5) is 11.4 Å². The predicted molar refractivity (Wildman–Crippen MR) is 114 cm³/mol. The summed E-state index contributed by atoms with van der Waals surface area (Å²) in [7, 11) is 1.65. The Balaban J connectivity index is 1.49. The molecule has 0 aliphatic carbocycles. The van der Waals surface area contributed by atoms with Crippen molar-refractivity contribution in [2.45, 2.75) is 38.3 Å². The van der Waals surface area contributed by atoms with Gasteiger partial charge in [0.15, 0.2) is 5.60 Å². The van der Waals surface area contributed by atoms with Crippen molar-refractivity contribution >= 4 is 23.2 Å². The second kappa shape index (κ2) is 8.24. The second-order valence-electron chi connectivity index (χ2n) is 8.08. The van der Waals surface area contributed by atoms with Crippen molar-refractivity contribution in [1.82, 2.24) is 15.0 Å². The van der Waals surface area contributed by atoms with Crippen molar-refractivity contribution in [3.63, 3.8) is 0 Å². The first kappa shape index (κ1) is 21.2. The van der Waals surface area contributed by atoms with E-state index in [2.05, 4.69) is 10.3 Å². The lowest BCUT2D eigenvalue weighted by Gasteiger charge is -2.32. The number of hydrogen-bond acceptors (Lipinski definition) is 6. The molecule has 164 valence electrons. The summed E-state index contributed by atoms with van der Waals surface area (Å²) < 4.78 is 1.70. The molecule has 3 heterocycles. The molecule has 1 saturated heterocycles. The minimum atomic E-state index is -1.69. The number of nitrogens with zero attached hydrogens (tertiary/aromatic N) is 5. The summed E-state index contributed by atoms with van der Waals surface area (Å²) in [6.07, 6.45) is 7.21. The van der Waals surface area contributed by atoms with Crippen LogP contribution in [0.1, 0.15) is 31.0 Å². The molecule has 2 aliphatic heterocycles. The number of β-lactam (4-membered cyclic amide) rings is 1. The van der Waals surface area contributed by atoms with Crippen LogP contribution in [-0.2, 0) is 28.2 Å². The maximum atomic E-state index is 13.0. The highest BCUT2D eigenvalue weighted by atomic mass is 16.3. The minimum Gasteiger partial charge on any atom is -0.396 e. The molecule has 2 aliphatic rings. The first-order valence-electron chi connectivity index (χ1n) is 10.5. The van der Waals surface area contributed by atoms with Gasteiger partial charge in [0, 0.05) is 63.0 Å². The number of benzene rings is 1. The van der Waals surface area contributed by atoms with Gasteiger partial charge in [-0.05, 0) is 24.6 Å². The van der Waals surface area contributed by atoms with Gasteiger partial charge in [-0.15, -0.1) is 5.10 Å². The fraction of sp³-hybridized carbons (Fsp3) is 0.455. The molecule has 2 N–H and O–H groups in total. The molecule has 0 radical (unpaired) electrons. The number of aliphatic hydroxyl groups excluding tert-OH is 1. The third-order valence-electron chi connectivity index (χ3n) is 6.11. The molecule has 9 heteroatoms. The van der Waals surface area contributed by atoms with E-state index in [1.165, 1.54) is 4.90 Å². The average molecular weight is 425 g/mol. The lowest BCUT2D eigenvalue weighted by molar-refractivity contribution is -0.139. The zero-order chi connectivity index (χ0) is 22.2. The van der Waals surface area contributed by atoms with Gasteiger partial charge in [-0.3, -0.25) is 14.3 Å². The first-order chi connectivity index (χ1) is 14.9. The number of hydrogen-bond donors (Lipinski definition) is 2. The van der Waals surface area contributed by atoms with E-state index in [4.69, 9.17) is 5.11 Å². The molecule has 31 heavy (non-hydrogen) atoms. The van der Waals surface area contributed by atoms with Crippen molar-refractivity contribution in [3.05, 3.63) is 47.8 Å². The molecule has 1 fully saturated rings. The molecule has 1 aromatic carbocycles. The molecular weight excluding hydrogens is 398 g/mol. The Bertz CT molecular complexity index is 1030. The number of amides is 2. The van der Waals surface area contributed by atoms with Gasteiger partial charge in [-0.25, -0.2) is 0 Å². The van der Waals surface area contributed by atoms with E-state index in [9.17, 15) is 14.7 Å². The molecule has 0 saturated carbocycles. The van der Waals surface area contributed by atoms with Crippen LogP contribution in [0.3, 0.4) is 0 Å². The molecule has 9 nitrogen and oxygen atoms in total. The highest BCUT2D eigenvalue weighted by molar-refractivity contribution is 6.08. The number of rotatable bonds is 8. The van der Waals surface area contributed by atoms with Gasteiger partial charge in [-0.1, -0.05) is 24.3 Å². The van der Waals surface area contributed by atoms with Gasteiger partial charge in [0.05, 0.1) is 11.4 Å². The van der Waals surface area contributed by atoms with Gasteiger partial charge in [0.2, 0.25) is 5.91 Å². The fourth-order valence-corrected chi connectivity index (χ4v) is 4.12. The van der Waals surface area contributed by atoms with E-state index in [1.54, 1.807) is 35.0 Å². The summed E-state index contributed by atoms with van der Waals surface area (Å²) in [5.41, 5.74) is 0.939. The highest BCUT2D eigenvalue weighted by Crippen LogP contribution is 2.46. The summed E-state index contributed by atoms with van der Waals surface area (Å²) >= 11 is 0. The van der Waals surface area contributed by atoms with Crippen molar-refractivity contribution in [2.24, 2.45) is 5.92 Å². The summed E-state index contributed by atoms with van der Waals surface area (Å²) in [4.78, 5) is 28.0. The van der Waals surface area contributed by atoms with Crippen molar-refractivity contribution in [1.29, 1.82) is 0 Å². The fourth-order valence-electron chi connectivity index (χ4n) is 4.12. The van der Waals surface area contributed by atoms with Crippen LogP contribution in [0, 0.1) is 5.92 Å². The number of carbonyl (C=O) groups excluding carboxylic acids is 2. The van der Waals surface area contributed by atoms with E-state index in [0.717, 1.165) is 5.69 Å². The number of aryl methyl sites for hydroxylation is 1. The van der Waals surface area contributed by atoms with Crippen LogP contribution >= 0.6 is 0 Å². The topological polar surface area (TPSA) is 112 Å². The number of carbonyl (C=O) groups is 2. The maximum Gasteiger partial charge on any atom is 0.264 e. The monoisotopic (exact) mass is 425 g/mol. The maximum absolute atomic E-state index is 13.0. The normalized spacial score (nSPS) is 21.7. The quantitative estimate of drug-likeness (QED) is 0.482. The van der Waals surface area contributed by atoms with Crippen LogP contribution in [0.25, 0.3) is 0 Å². The van der Waals surface area contributed by atoms with E-state index in [-0.39, 0.29) is 18.4 Å². The number of aromatic nitrogens is 3. The van der Waals surface area contributed by atoms with Crippen LogP contribution in [0.15, 0.2) is 36.5 Å². The van der Waals surface area contributed by atoms with Crippen LogP contribution in [0.2, 0.25) is 0 Å². The van der Waals surface area contributed by atoms with Crippen LogP contribution in [-0.4, -0.2) is 57.2 Å². The van der Waals surface area contributed by atoms with Gasteiger partial charge in [0.25, 0.3) is 5.91 Å². The molecular formula is C22H27N5O4. The summed E-state index contributed by atoms with van der Waals surface area (Å²) in [6.45, 7) is 3.10. The Morgan fingerprint density at radius 2 is 2.13 bits per heavy atom. The Morgan fingerprint density at radius 3 is 2.81 bits per heavy atom. The lowest BCUT2D eigenvalue weighted by atomic mass is 9.82. The highest BCUT2D eigenvalue weighted by Gasteiger charge is 2.51. The minimum absolute atomic E-state index is 0.0340. The van der Waals surface area contributed by atoms with Crippen molar-refractivity contribution in [2.75, 3.05) is 30.0 Å². The number of aliphatic hydroxyl groups is 2. The molecule has 0 unspecified atom stereocenters. The third-order valence-corrected chi connectivity index (χ3v) is 6.11. The molecule has 0 spiro atoms. The third kappa shape index (κ3) is 3.64. The van der Waals surface area contributed by atoms with Gasteiger partial charge in [0.1, 0.15) is 0 Å². The average Bonchev–Trinajstić information content (AvgIpc) is 3.28. The Hall–Kier alpha value is -3.04. The van der Waals surface area contributed by atoms with Gasteiger partial charge >= 0.3 is 0 Å². The van der Waals surface area contributed by atoms with E-state index in [1.807, 2.05) is 25.1 Å². The lowest BCUT2D eigenvalue weighted by Crippen LogP contribution is -2.44. The Morgan fingerprint density at radius 1 is 1.32 bits per heavy atom. The number of allylic oxidation sites excluding steroid dienone is 1. The molecule has 1 aromatic heterocycles. The van der Waals surface area contributed by atoms with Gasteiger partial charge < -0.3 is 20.0 Å².